The van der Waals surface area contributed by atoms with Crippen molar-refractivity contribution in [2.75, 3.05) is 0 Å². The molecule has 0 spiro atoms. The van der Waals surface area contributed by atoms with E-state index in [0.29, 0.717) is 0 Å². The fourth-order valence-corrected chi connectivity index (χ4v) is 1.27. The van der Waals surface area contributed by atoms with Crippen molar-refractivity contribution in [1.29, 1.82) is 0 Å². The lowest BCUT2D eigenvalue weighted by Gasteiger charge is -2.17. The Bertz CT molecular complexity index is 369. The van der Waals surface area contributed by atoms with Crippen LogP contribution in [0.3, 0.4) is 0 Å². The molecule has 0 aromatic heterocycles. The minimum atomic E-state index is -1.51. The molecule has 1 amide bonds. The third-order valence-corrected chi connectivity index (χ3v) is 2.25. The predicted octanol–water partition coefficient (Wildman–Crippen LogP) is -2.74. The molecule has 0 bridgehead atoms. The Kier molecular flexibility index (Phi) is 5.93. The van der Waals surface area contributed by atoms with Gasteiger partial charge in [-0.25, -0.2) is 0 Å². The third kappa shape index (κ3) is 4.89. The van der Waals surface area contributed by atoms with E-state index >= 15 is 0 Å². The average molecular weight is 261 g/mol. The average Bonchev–Trinajstić information content (AvgIpc) is 2.22. The van der Waals surface area contributed by atoms with Crippen LogP contribution in [0.25, 0.3) is 0 Å². The van der Waals surface area contributed by atoms with Crippen LogP contribution in [0.5, 0.6) is 0 Å². The van der Waals surface area contributed by atoms with Crippen LogP contribution < -0.4 is 17.2 Å². The fourth-order valence-electron chi connectivity index (χ4n) is 1.27. The summed E-state index contributed by atoms with van der Waals surface area (Å²) in [5.74, 6) is -6.24. The lowest BCUT2D eigenvalue weighted by atomic mass is 9.90. The molecule has 0 aliphatic rings. The van der Waals surface area contributed by atoms with Crippen molar-refractivity contribution >= 4 is 23.6 Å². The Labute approximate surface area is 102 Å². The highest BCUT2D eigenvalue weighted by molar-refractivity contribution is 6.04. The van der Waals surface area contributed by atoms with Crippen molar-refractivity contribution in [3.8, 4) is 0 Å². The maximum absolute atomic E-state index is 11.6. The Morgan fingerprint density at radius 1 is 1.00 bits per heavy atom. The molecule has 0 aliphatic heterocycles. The van der Waals surface area contributed by atoms with Gasteiger partial charge < -0.3 is 27.4 Å². The maximum atomic E-state index is 11.6. The van der Waals surface area contributed by atoms with Gasteiger partial charge in [0.25, 0.3) is 0 Å². The molecule has 0 aromatic carbocycles. The quantitative estimate of drug-likeness (QED) is 0.291. The van der Waals surface area contributed by atoms with Gasteiger partial charge >= 0.3 is 11.9 Å². The number of nitrogens with two attached hydrogens (primary N) is 3. The van der Waals surface area contributed by atoms with E-state index in [1.807, 2.05) is 0 Å². The zero-order valence-corrected chi connectivity index (χ0v) is 9.41. The van der Waals surface area contributed by atoms with E-state index < -0.39 is 54.5 Å². The summed E-state index contributed by atoms with van der Waals surface area (Å²) in [7, 11) is 0. The number of carbonyl (C=O) groups excluding carboxylic acids is 2. The SMILES string of the molecule is NC(=O)C(C[C@H](N)C(=O)O)C(=O)[C@@H](N)CC(=O)O. The number of amides is 1. The summed E-state index contributed by atoms with van der Waals surface area (Å²) in [6, 6.07) is -2.88. The largest absolute Gasteiger partial charge is 0.481 e. The maximum Gasteiger partial charge on any atom is 0.320 e. The highest BCUT2D eigenvalue weighted by atomic mass is 16.4. The Balaban J connectivity index is 4.79. The first kappa shape index (κ1) is 16.0. The third-order valence-electron chi connectivity index (χ3n) is 2.25. The van der Waals surface area contributed by atoms with Crippen LogP contribution in [0.4, 0.5) is 0 Å². The summed E-state index contributed by atoms with van der Waals surface area (Å²) in [5.41, 5.74) is 15.4. The van der Waals surface area contributed by atoms with Crippen LogP contribution in [-0.4, -0.2) is 45.9 Å². The zero-order valence-electron chi connectivity index (χ0n) is 9.41. The molecule has 9 nitrogen and oxygen atoms in total. The van der Waals surface area contributed by atoms with E-state index in [1.165, 1.54) is 0 Å². The number of ketones is 1. The molecule has 9 heteroatoms. The molecule has 3 atom stereocenters. The normalized spacial score (nSPS) is 15.4. The molecule has 18 heavy (non-hydrogen) atoms. The second-order valence-electron chi connectivity index (χ2n) is 3.74. The number of aliphatic carboxylic acids is 2. The van der Waals surface area contributed by atoms with Crippen LogP contribution >= 0.6 is 0 Å². The van der Waals surface area contributed by atoms with Crippen molar-refractivity contribution in [1.82, 2.24) is 0 Å². The van der Waals surface area contributed by atoms with Gasteiger partial charge in [0.2, 0.25) is 5.91 Å². The van der Waals surface area contributed by atoms with Crippen LogP contribution in [-0.2, 0) is 19.2 Å². The highest BCUT2D eigenvalue weighted by Crippen LogP contribution is 2.10. The van der Waals surface area contributed by atoms with Crippen molar-refractivity contribution in [2.24, 2.45) is 23.1 Å². The van der Waals surface area contributed by atoms with Gasteiger partial charge in [-0.3, -0.25) is 19.2 Å². The Hall–Kier alpha value is -2.00. The molecule has 1 unspecified atom stereocenters. The molecule has 8 N–H and O–H groups in total. The molecule has 0 aromatic rings. The number of Topliss-reactive ketones (excluding diaryl/α,β-unsaturated/α-hetero) is 1. The van der Waals surface area contributed by atoms with Gasteiger partial charge in [-0.2, -0.15) is 0 Å². The molecule has 0 aliphatic carbocycles. The second kappa shape index (κ2) is 6.67. The number of primary amides is 1. The van der Waals surface area contributed by atoms with E-state index in [2.05, 4.69) is 0 Å². The van der Waals surface area contributed by atoms with Gasteiger partial charge in [-0.15, -0.1) is 0 Å². The van der Waals surface area contributed by atoms with E-state index in [-0.39, 0.29) is 0 Å². The smallest absolute Gasteiger partial charge is 0.320 e. The number of carboxylic acids is 2. The number of hydrogen-bond donors (Lipinski definition) is 5. The number of hydrogen-bond acceptors (Lipinski definition) is 6. The first-order chi connectivity index (χ1) is 8.16. The van der Waals surface area contributed by atoms with E-state index in [0.717, 1.165) is 0 Å². The van der Waals surface area contributed by atoms with Crippen molar-refractivity contribution < 1.29 is 29.4 Å². The van der Waals surface area contributed by atoms with Crippen LogP contribution in [0.2, 0.25) is 0 Å². The summed E-state index contributed by atoms with van der Waals surface area (Å²) in [5, 5.41) is 17.0. The summed E-state index contributed by atoms with van der Waals surface area (Å²) in [4.78, 5) is 43.6. The van der Waals surface area contributed by atoms with Crippen LogP contribution in [0.15, 0.2) is 0 Å². The van der Waals surface area contributed by atoms with E-state index in [1.54, 1.807) is 0 Å². The molecule has 0 saturated carbocycles. The molecular weight excluding hydrogens is 246 g/mol. The molecular formula is C9H15N3O6. The first-order valence-corrected chi connectivity index (χ1v) is 4.95. The lowest BCUT2D eigenvalue weighted by molar-refractivity contribution is -0.143. The predicted molar refractivity (Wildman–Crippen MR) is 58.1 cm³/mol. The van der Waals surface area contributed by atoms with Crippen molar-refractivity contribution in [3.63, 3.8) is 0 Å². The van der Waals surface area contributed by atoms with E-state index in [4.69, 9.17) is 27.4 Å². The minimum absolute atomic E-state index is 0.517. The van der Waals surface area contributed by atoms with Gasteiger partial charge in [0.1, 0.15) is 6.04 Å². The molecule has 0 radical (unpaired) electrons. The molecule has 0 saturated heterocycles. The standard InChI is InChI=1S/C9H15N3O6/c10-4(2-6(13)14)7(15)3(8(12)16)1-5(11)9(17)18/h3-5H,1-2,10-11H2,(H2,12,16)(H,13,14)(H,17,18)/t3?,4-,5-/m0/s1. The number of carbonyl (C=O) groups is 4. The summed E-state index contributed by atoms with van der Waals surface area (Å²) < 4.78 is 0. The minimum Gasteiger partial charge on any atom is -0.481 e. The van der Waals surface area contributed by atoms with Crippen molar-refractivity contribution in [3.05, 3.63) is 0 Å². The zero-order chi connectivity index (χ0) is 14.5. The fraction of sp³-hybridized carbons (Fsp3) is 0.556. The lowest BCUT2D eigenvalue weighted by Crippen LogP contribution is -2.46. The van der Waals surface area contributed by atoms with Gasteiger partial charge in [-0.1, -0.05) is 0 Å². The topological polar surface area (TPSA) is 187 Å². The van der Waals surface area contributed by atoms with Crippen molar-refractivity contribution in [2.45, 2.75) is 24.9 Å². The first-order valence-electron chi connectivity index (χ1n) is 4.95. The van der Waals surface area contributed by atoms with Crippen LogP contribution in [0, 0.1) is 5.92 Å². The molecule has 0 rings (SSSR count). The second-order valence-corrected chi connectivity index (χ2v) is 3.74. The number of carboxylic acid groups (broad SMARTS) is 2. The Morgan fingerprint density at radius 3 is 1.83 bits per heavy atom. The van der Waals surface area contributed by atoms with Gasteiger partial charge in [-0.05, 0) is 6.42 Å². The molecule has 0 heterocycles. The monoisotopic (exact) mass is 261 g/mol. The van der Waals surface area contributed by atoms with E-state index in [9.17, 15) is 19.2 Å². The summed E-state index contributed by atoms with van der Waals surface area (Å²) >= 11 is 0. The number of rotatable bonds is 8. The summed E-state index contributed by atoms with van der Waals surface area (Å²) in [6.45, 7) is 0. The van der Waals surface area contributed by atoms with Gasteiger partial charge in [0, 0.05) is 0 Å². The molecule has 102 valence electrons. The molecule has 0 fully saturated rings. The highest BCUT2D eigenvalue weighted by Gasteiger charge is 2.33. The summed E-state index contributed by atoms with van der Waals surface area (Å²) in [6.07, 6.45) is -1.19. The van der Waals surface area contributed by atoms with Crippen LogP contribution in [0.1, 0.15) is 12.8 Å². The van der Waals surface area contributed by atoms with Gasteiger partial charge in [0.05, 0.1) is 18.4 Å². The Morgan fingerprint density at radius 2 is 1.50 bits per heavy atom. The van der Waals surface area contributed by atoms with Gasteiger partial charge in [0.15, 0.2) is 5.78 Å².